The fourth-order valence-electron chi connectivity index (χ4n) is 4.13. The molecule has 160 valence electrons. The lowest BCUT2D eigenvalue weighted by atomic mass is 10.0. The second-order valence-corrected chi connectivity index (χ2v) is 9.67. The van der Waals surface area contributed by atoms with E-state index in [4.69, 9.17) is 0 Å². The molecule has 0 amide bonds. The van der Waals surface area contributed by atoms with Crippen molar-refractivity contribution >= 4 is 37.8 Å². The monoisotopic (exact) mass is 443 g/mol. The SMILES string of the molecule is CN(Cc1ccc(S(=O)(=O)c2ccccc2)cc1)c1ccc2c3c(cccc13)C(NO)=N2. The van der Waals surface area contributed by atoms with Crippen LogP contribution in [0.15, 0.2) is 99.7 Å². The summed E-state index contributed by atoms with van der Waals surface area (Å²) in [5.41, 5.74) is 5.89. The van der Waals surface area contributed by atoms with Crippen molar-refractivity contribution in [1.29, 1.82) is 0 Å². The average Bonchev–Trinajstić information content (AvgIpc) is 3.20. The van der Waals surface area contributed by atoms with Crippen molar-refractivity contribution < 1.29 is 13.6 Å². The third-order valence-electron chi connectivity index (χ3n) is 5.71. The highest BCUT2D eigenvalue weighted by Gasteiger charge is 2.21. The molecule has 5 rings (SSSR count). The van der Waals surface area contributed by atoms with Gasteiger partial charge in [-0.2, -0.15) is 0 Å². The predicted octanol–water partition coefficient (Wildman–Crippen LogP) is 4.68. The van der Waals surface area contributed by atoms with Gasteiger partial charge in [-0.3, -0.25) is 10.7 Å². The van der Waals surface area contributed by atoms with Crippen molar-refractivity contribution in [3.63, 3.8) is 0 Å². The molecule has 0 atom stereocenters. The van der Waals surface area contributed by atoms with Gasteiger partial charge in [-0.25, -0.2) is 13.4 Å². The summed E-state index contributed by atoms with van der Waals surface area (Å²) in [5.74, 6) is 0.445. The Hall–Kier alpha value is -3.68. The summed E-state index contributed by atoms with van der Waals surface area (Å²) in [4.78, 5) is 7.12. The van der Waals surface area contributed by atoms with Gasteiger partial charge in [-0.05, 0) is 42.0 Å². The molecular formula is C25H21N3O3S. The lowest BCUT2D eigenvalue weighted by molar-refractivity contribution is 0.235. The molecule has 2 N–H and O–H groups in total. The smallest absolute Gasteiger partial charge is 0.206 e. The van der Waals surface area contributed by atoms with Crippen LogP contribution in [-0.4, -0.2) is 26.5 Å². The molecule has 0 aliphatic carbocycles. The van der Waals surface area contributed by atoms with Gasteiger partial charge < -0.3 is 4.90 Å². The first-order chi connectivity index (χ1) is 15.5. The van der Waals surface area contributed by atoms with E-state index >= 15 is 0 Å². The third-order valence-corrected chi connectivity index (χ3v) is 7.49. The first kappa shape index (κ1) is 20.2. The Morgan fingerprint density at radius 1 is 0.875 bits per heavy atom. The normalized spacial score (nSPS) is 12.6. The Labute approximate surface area is 186 Å². The first-order valence-electron chi connectivity index (χ1n) is 10.1. The summed E-state index contributed by atoms with van der Waals surface area (Å²) in [7, 11) is -1.53. The van der Waals surface area contributed by atoms with E-state index in [1.54, 1.807) is 42.5 Å². The molecule has 4 aromatic rings. The van der Waals surface area contributed by atoms with E-state index in [9.17, 15) is 13.6 Å². The number of anilines is 1. The molecule has 0 spiro atoms. The molecule has 1 heterocycles. The Kier molecular flexibility index (Phi) is 4.92. The summed E-state index contributed by atoms with van der Waals surface area (Å²) in [6.45, 7) is 0.607. The van der Waals surface area contributed by atoms with Crippen LogP contribution in [0.3, 0.4) is 0 Å². The van der Waals surface area contributed by atoms with Gasteiger partial charge in [0.15, 0.2) is 5.84 Å². The molecule has 0 unspecified atom stereocenters. The zero-order valence-corrected chi connectivity index (χ0v) is 18.2. The molecule has 0 fully saturated rings. The molecule has 7 heteroatoms. The zero-order chi connectivity index (χ0) is 22.3. The van der Waals surface area contributed by atoms with Crippen LogP contribution in [-0.2, 0) is 16.4 Å². The van der Waals surface area contributed by atoms with Crippen molar-refractivity contribution in [3.8, 4) is 0 Å². The topological polar surface area (TPSA) is 82.0 Å². The van der Waals surface area contributed by atoms with Gasteiger partial charge in [0.05, 0.1) is 15.5 Å². The predicted molar refractivity (Wildman–Crippen MR) is 126 cm³/mol. The van der Waals surface area contributed by atoms with Gasteiger partial charge in [0.1, 0.15) is 0 Å². The summed E-state index contributed by atoms with van der Waals surface area (Å²) in [6.07, 6.45) is 0. The molecule has 0 radical (unpaired) electrons. The Morgan fingerprint density at radius 2 is 1.59 bits per heavy atom. The third kappa shape index (κ3) is 3.32. The largest absolute Gasteiger partial charge is 0.370 e. The number of sulfone groups is 1. The van der Waals surface area contributed by atoms with E-state index in [-0.39, 0.29) is 9.79 Å². The number of nitrogens with zero attached hydrogens (tertiary/aromatic N) is 2. The summed E-state index contributed by atoms with van der Waals surface area (Å²) in [6, 6.07) is 25.3. The van der Waals surface area contributed by atoms with Crippen LogP contribution in [0, 0.1) is 0 Å². The average molecular weight is 444 g/mol. The number of amidine groups is 1. The molecule has 32 heavy (non-hydrogen) atoms. The van der Waals surface area contributed by atoms with Crippen LogP contribution in [0.5, 0.6) is 0 Å². The van der Waals surface area contributed by atoms with Gasteiger partial charge in [0.25, 0.3) is 0 Å². The highest BCUT2D eigenvalue weighted by molar-refractivity contribution is 7.91. The minimum Gasteiger partial charge on any atom is -0.370 e. The Balaban J connectivity index is 1.42. The van der Waals surface area contributed by atoms with Crippen LogP contribution in [0.4, 0.5) is 11.4 Å². The summed E-state index contributed by atoms with van der Waals surface area (Å²) in [5, 5.41) is 11.4. The number of aliphatic imine (C=N–C) groups is 1. The molecule has 6 nitrogen and oxygen atoms in total. The van der Waals surface area contributed by atoms with Gasteiger partial charge in [0.2, 0.25) is 9.84 Å². The quantitative estimate of drug-likeness (QED) is 0.438. The van der Waals surface area contributed by atoms with E-state index in [0.717, 1.165) is 33.3 Å². The van der Waals surface area contributed by atoms with Crippen LogP contribution in [0.2, 0.25) is 0 Å². The van der Waals surface area contributed by atoms with Crippen LogP contribution < -0.4 is 10.4 Å². The maximum atomic E-state index is 12.8. The molecule has 0 aromatic heterocycles. The second-order valence-electron chi connectivity index (χ2n) is 7.72. The molecule has 0 bridgehead atoms. The van der Waals surface area contributed by atoms with Crippen molar-refractivity contribution in [2.45, 2.75) is 16.3 Å². The van der Waals surface area contributed by atoms with Crippen LogP contribution in [0.1, 0.15) is 11.1 Å². The summed E-state index contributed by atoms with van der Waals surface area (Å²) < 4.78 is 25.6. The molecule has 0 saturated heterocycles. The number of nitrogens with one attached hydrogen (secondary N) is 1. The van der Waals surface area contributed by atoms with Crippen LogP contribution >= 0.6 is 0 Å². The van der Waals surface area contributed by atoms with Crippen molar-refractivity contribution in [1.82, 2.24) is 5.48 Å². The Morgan fingerprint density at radius 3 is 2.31 bits per heavy atom. The van der Waals surface area contributed by atoms with Crippen molar-refractivity contribution in [2.24, 2.45) is 4.99 Å². The highest BCUT2D eigenvalue weighted by Crippen LogP contribution is 2.40. The van der Waals surface area contributed by atoms with E-state index in [1.807, 2.05) is 49.5 Å². The van der Waals surface area contributed by atoms with E-state index in [0.29, 0.717) is 12.4 Å². The lowest BCUT2D eigenvalue weighted by Crippen LogP contribution is -2.18. The lowest BCUT2D eigenvalue weighted by Gasteiger charge is -2.22. The molecule has 0 saturated carbocycles. The minimum absolute atomic E-state index is 0.279. The molecule has 1 aliphatic rings. The second kappa shape index (κ2) is 7.78. The van der Waals surface area contributed by atoms with Gasteiger partial charge >= 0.3 is 0 Å². The number of benzene rings is 4. The highest BCUT2D eigenvalue weighted by atomic mass is 32.2. The van der Waals surface area contributed by atoms with Crippen molar-refractivity contribution in [3.05, 3.63) is 96.1 Å². The Bertz CT molecular complexity index is 1450. The van der Waals surface area contributed by atoms with Crippen molar-refractivity contribution in [2.75, 3.05) is 11.9 Å². The van der Waals surface area contributed by atoms with Gasteiger partial charge in [-0.15, -0.1) is 0 Å². The number of hydroxylamine groups is 1. The number of rotatable bonds is 5. The number of hydrogen-bond acceptors (Lipinski definition) is 6. The molecule has 1 aliphatic heterocycles. The molecule has 4 aromatic carbocycles. The maximum absolute atomic E-state index is 12.8. The van der Waals surface area contributed by atoms with Gasteiger partial charge in [-0.1, -0.05) is 48.5 Å². The van der Waals surface area contributed by atoms with Crippen LogP contribution in [0.25, 0.3) is 10.8 Å². The van der Waals surface area contributed by atoms with E-state index in [1.165, 1.54) is 0 Å². The molecular weight excluding hydrogens is 422 g/mol. The minimum atomic E-state index is -3.53. The maximum Gasteiger partial charge on any atom is 0.206 e. The first-order valence-corrected chi connectivity index (χ1v) is 11.6. The summed E-state index contributed by atoms with van der Waals surface area (Å²) >= 11 is 0. The van der Waals surface area contributed by atoms with E-state index in [2.05, 4.69) is 15.4 Å². The number of hydrogen-bond donors (Lipinski definition) is 2. The zero-order valence-electron chi connectivity index (χ0n) is 17.4. The standard InChI is InChI=1S/C25H21N3O3S/c1-28(23-15-14-22-24-20(23)8-5-9-21(24)25(26-22)27-29)16-17-10-12-19(13-11-17)32(30,31)18-6-3-2-4-7-18/h2-15,29H,16H2,1H3,(H,26,27). The van der Waals surface area contributed by atoms with E-state index < -0.39 is 9.84 Å². The fraction of sp³-hybridized carbons (Fsp3) is 0.0800. The fourth-order valence-corrected chi connectivity index (χ4v) is 5.41. The van der Waals surface area contributed by atoms with Gasteiger partial charge in [0, 0.05) is 35.6 Å².